The normalized spacial score (nSPS) is 25.5. The number of carbonyl (C=O) groups excluding carboxylic acids is 1. The van der Waals surface area contributed by atoms with E-state index in [4.69, 9.17) is 5.26 Å². The van der Waals surface area contributed by atoms with Crippen molar-refractivity contribution in [2.45, 2.75) is 46.5 Å². The Morgan fingerprint density at radius 3 is 2.81 bits per heavy atom. The van der Waals surface area contributed by atoms with Gasteiger partial charge in [-0.15, -0.1) is 0 Å². The van der Waals surface area contributed by atoms with Gasteiger partial charge in [-0.1, -0.05) is 26.7 Å². The van der Waals surface area contributed by atoms with Crippen LogP contribution < -0.4 is 5.32 Å². The third-order valence-electron chi connectivity index (χ3n) is 3.63. The number of nitrogens with one attached hydrogen (secondary N) is 1. The van der Waals surface area contributed by atoms with Crippen molar-refractivity contribution in [1.82, 2.24) is 5.32 Å². The standard InChI is InChI=1S/C13H22N2O/c1-10(8-14)9-15-12(16)11-6-4-5-7-13(11,2)3/h10-11H,4-7,9H2,1-3H3,(H,15,16). The Labute approximate surface area is 98.2 Å². The van der Waals surface area contributed by atoms with Gasteiger partial charge in [0.25, 0.3) is 0 Å². The highest BCUT2D eigenvalue weighted by Gasteiger charge is 2.36. The summed E-state index contributed by atoms with van der Waals surface area (Å²) in [6.45, 7) is 6.64. The molecule has 90 valence electrons. The molecule has 1 fully saturated rings. The minimum Gasteiger partial charge on any atom is -0.355 e. The molecule has 0 aliphatic heterocycles. The quantitative estimate of drug-likeness (QED) is 0.797. The van der Waals surface area contributed by atoms with Crippen molar-refractivity contribution >= 4 is 5.91 Å². The summed E-state index contributed by atoms with van der Waals surface area (Å²) in [5, 5.41) is 11.6. The molecule has 1 saturated carbocycles. The van der Waals surface area contributed by atoms with Crippen LogP contribution in [0.3, 0.4) is 0 Å². The average molecular weight is 222 g/mol. The average Bonchev–Trinajstić information content (AvgIpc) is 2.24. The Hall–Kier alpha value is -1.04. The Morgan fingerprint density at radius 1 is 1.56 bits per heavy atom. The summed E-state index contributed by atoms with van der Waals surface area (Å²) in [6, 6.07) is 2.13. The van der Waals surface area contributed by atoms with Crippen LogP contribution in [0.1, 0.15) is 46.5 Å². The second kappa shape index (κ2) is 5.34. The third-order valence-corrected chi connectivity index (χ3v) is 3.63. The van der Waals surface area contributed by atoms with Crippen LogP contribution in [0.5, 0.6) is 0 Å². The maximum absolute atomic E-state index is 12.0. The third kappa shape index (κ3) is 3.23. The van der Waals surface area contributed by atoms with Gasteiger partial charge < -0.3 is 5.32 Å². The Balaban J connectivity index is 2.50. The number of hydrogen-bond acceptors (Lipinski definition) is 2. The van der Waals surface area contributed by atoms with Crippen molar-refractivity contribution in [2.24, 2.45) is 17.3 Å². The molecule has 0 radical (unpaired) electrons. The zero-order valence-corrected chi connectivity index (χ0v) is 10.5. The van der Waals surface area contributed by atoms with Gasteiger partial charge in [0.05, 0.1) is 12.0 Å². The molecule has 0 heterocycles. The van der Waals surface area contributed by atoms with Gasteiger partial charge in [-0.05, 0) is 25.2 Å². The molecule has 1 aliphatic carbocycles. The van der Waals surface area contributed by atoms with Crippen molar-refractivity contribution in [2.75, 3.05) is 6.54 Å². The molecule has 0 bridgehead atoms. The van der Waals surface area contributed by atoms with Gasteiger partial charge in [0.2, 0.25) is 5.91 Å². The monoisotopic (exact) mass is 222 g/mol. The van der Waals surface area contributed by atoms with E-state index in [-0.39, 0.29) is 23.2 Å². The van der Waals surface area contributed by atoms with E-state index in [1.54, 1.807) is 0 Å². The first-order chi connectivity index (χ1) is 7.47. The second-order valence-electron chi connectivity index (χ2n) is 5.56. The lowest BCUT2D eigenvalue weighted by Gasteiger charge is -2.37. The number of rotatable bonds is 3. The summed E-state index contributed by atoms with van der Waals surface area (Å²) in [6.07, 6.45) is 4.49. The fourth-order valence-corrected chi connectivity index (χ4v) is 2.40. The van der Waals surface area contributed by atoms with Crippen molar-refractivity contribution < 1.29 is 4.79 Å². The fraction of sp³-hybridized carbons (Fsp3) is 0.846. The maximum atomic E-state index is 12.0. The fourth-order valence-electron chi connectivity index (χ4n) is 2.40. The summed E-state index contributed by atoms with van der Waals surface area (Å²) in [4.78, 5) is 12.0. The Bertz CT molecular complexity index is 291. The summed E-state index contributed by atoms with van der Waals surface area (Å²) in [5.41, 5.74) is 0.109. The lowest BCUT2D eigenvalue weighted by molar-refractivity contribution is -0.130. The maximum Gasteiger partial charge on any atom is 0.223 e. The smallest absolute Gasteiger partial charge is 0.223 e. The summed E-state index contributed by atoms with van der Waals surface area (Å²) < 4.78 is 0. The van der Waals surface area contributed by atoms with Crippen molar-refractivity contribution in [3.63, 3.8) is 0 Å². The molecular formula is C13H22N2O. The van der Waals surface area contributed by atoms with Crippen LogP contribution >= 0.6 is 0 Å². The highest BCUT2D eigenvalue weighted by Crippen LogP contribution is 2.40. The minimum atomic E-state index is -0.101. The molecule has 1 aliphatic rings. The van der Waals surface area contributed by atoms with E-state index in [1.807, 2.05) is 6.92 Å². The molecule has 1 rings (SSSR count). The van der Waals surface area contributed by atoms with Crippen molar-refractivity contribution in [3.05, 3.63) is 0 Å². The van der Waals surface area contributed by atoms with E-state index in [0.29, 0.717) is 6.54 Å². The van der Waals surface area contributed by atoms with Crippen LogP contribution in [0.25, 0.3) is 0 Å². The van der Waals surface area contributed by atoms with Gasteiger partial charge >= 0.3 is 0 Å². The Morgan fingerprint density at radius 2 is 2.25 bits per heavy atom. The van der Waals surface area contributed by atoms with E-state index in [9.17, 15) is 4.79 Å². The molecule has 3 nitrogen and oxygen atoms in total. The highest BCUT2D eigenvalue weighted by molar-refractivity contribution is 5.79. The number of hydrogen-bond donors (Lipinski definition) is 1. The minimum absolute atomic E-state index is 0.101. The molecule has 0 aromatic rings. The van der Waals surface area contributed by atoms with Crippen molar-refractivity contribution in [3.8, 4) is 6.07 Å². The molecule has 3 heteroatoms. The van der Waals surface area contributed by atoms with Gasteiger partial charge in [-0.25, -0.2) is 0 Å². The predicted molar refractivity (Wildman–Crippen MR) is 63.5 cm³/mol. The van der Waals surface area contributed by atoms with Gasteiger partial charge in [0.15, 0.2) is 0 Å². The van der Waals surface area contributed by atoms with Gasteiger partial charge in [0, 0.05) is 12.5 Å². The van der Waals surface area contributed by atoms with Crippen molar-refractivity contribution in [1.29, 1.82) is 5.26 Å². The predicted octanol–water partition coefficient (Wildman–Crippen LogP) is 2.48. The highest BCUT2D eigenvalue weighted by atomic mass is 16.1. The zero-order valence-electron chi connectivity index (χ0n) is 10.5. The molecule has 1 N–H and O–H groups in total. The first kappa shape index (κ1) is 13.0. The molecule has 0 spiro atoms. The summed E-state index contributed by atoms with van der Waals surface area (Å²) in [5.74, 6) is 0.148. The topological polar surface area (TPSA) is 52.9 Å². The SMILES string of the molecule is CC(C#N)CNC(=O)C1CCCCC1(C)C. The van der Waals surface area contributed by atoms with Crippen LogP contribution in [0.2, 0.25) is 0 Å². The number of nitrogens with zero attached hydrogens (tertiary/aromatic N) is 1. The van der Waals surface area contributed by atoms with Gasteiger partial charge in [0.1, 0.15) is 0 Å². The van der Waals surface area contributed by atoms with E-state index in [0.717, 1.165) is 19.3 Å². The number of nitriles is 1. The molecular weight excluding hydrogens is 200 g/mol. The van der Waals surface area contributed by atoms with E-state index >= 15 is 0 Å². The van der Waals surface area contributed by atoms with Crippen LogP contribution in [-0.2, 0) is 4.79 Å². The number of carbonyl (C=O) groups is 1. The molecule has 1 amide bonds. The van der Waals surface area contributed by atoms with Crippen LogP contribution in [0.4, 0.5) is 0 Å². The first-order valence-corrected chi connectivity index (χ1v) is 6.14. The Kier molecular flexibility index (Phi) is 4.35. The van der Waals surface area contributed by atoms with E-state index in [2.05, 4.69) is 25.2 Å². The molecule has 2 unspecified atom stereocenters. The largest absolute Gasteiger partial charge is 0.355 e. The molecule has 0 aromatic carbocycles. The lowest BCUT2D eigenvalue weighted by atomic mass is 9.68. The second-order valence-corrected chi connectivity index (χ2v) is 5.56. The summed E-state index contributed by atoms with van der Waals surface area (Å²) in [7, 11) is 0. The molecule has 0 saturated heterocycles. The zero-order chi connectivity index (χ0) is 12.2. The van der Waals surface area contributed by atoms with Gasteiger partial charge in [-0.3, -0.25) is 4.79 Å². The molecule has 0 aromatic heterocycles. The lowest BCUT2D eigenvalue weighted by Crippen LogP contribution is -2.42. The van der Waals surface area contributed by atoms with E-state index in [1.165, 1.54) is 6.42 Å². The number of amides is 1. The molecule has 16 heavy (non-hydrogen) atoms. The first-order valence-electron chi connectivity index (χ1n) is 6.14. The molecule has 2 atom stereocenters. The summed E-state index contributed by atoms with van der Waals surface area (Å²) >= 11 is 0. The van der Waals surface area contributed by atoms with Crippen LogP contribution in [0.15, 0.2) is 0 Å². The van der Waals surface area contributed by atoms with Crippen LogP contribution in [-0.4, -0.2) is 12.5 Å². The van der Waals surface area contributed by atoms with Crippen LogP contribution in [0, 0.1) is 28.6 Å². The van der Waals surface area contributed by atoms with E-state index < -0.39 is 0 Å². The van der Waals surface area contributed by atoms with Gasteiger partial charge in [-0.2, -0.15) is 5.26 Å².